The Bertz CT molecular complexity index is 517. The predicted molar refractivity (Wildman–Crippen MR) is 51.1 cm³/mol. The zero-order chi connectivity index (χ0) is 10.3. The molecule has 2 aromatic rings. The van der Waals surface area contributed by atoms with Gasteiger partial charge in [-0.25, -0.2) is 9.50 Å². The van der Waals surface area contributed by atoms with Gasteiger partial charge in [0.25, 0.3) is 0 Å². The van der Waals surface area contributed by atoms with Gasteiger partial charge in [-0.2, -0.15) is 5.26 Å². The van der Waals surface area contributed by atoms with Crippen LogP contribution in [0.25, 0.3) is 5.65 Å². The van der Waals surface area contributed by atoms with Crippen LogP contribution in [0.5, 0.6) is 0 Å². The maximum Gasteiger partial charge on any atom is 0.176 e. The first-order valence-corrected chi connectivity index (χ1v) is 4.65. The van der Waals surface area contributed by atoms with Gasteiger partial charge in [0, 0.05) is 6.20 Å². The number of pyridine rings is 1. The SMILES string of the molecule is N#CC1(c2nc3ccccn3n2)COC1. The average Bonchev–Trinajstić information content (AvgIpc) is 2.60. The molecular formula is C10H8N4O. The summed E-state index contributed by atoms with van der Waals surface area (Å²) in [5.74, 6) is 0.558. The lowest BCUT2D eigenvalue weighted by Gasteiger charge is -2.31. The van der Waals surface area contributed by atoms with E-state index in [9.17, 15) is 0 Å². The second kappa shape index (κ2) is 2.78. The van der Waals surface area contributed by atoms with Crippen molar-refractivity contribution in [2.75, 3.05) is 13.2 Å². The minimum absolute atomic E-state index is 0.389. The fourth-order valence-corrected chi connectivity index (χ4v) is 1.58. The lowest BCUT2D eigenvalue weighted by atomic mass is 9.87. The highest BCUT2D eigenvalue weighted by atomic mass is 16.5. The van der Waals surface area contributed by atoms with Gasteiger partial charge in [0.2, 0.25) is 0 Å². The van der Waals surface area contributed by atoms with Gasteiger partial charge in [-0.05, 0) is 12.1 Å². The van der Waals surface area contributed by atoms with Crippen molar-refractivity contribution in [3.05, 3.63) is 30.2 Å². The number of aromatic nitrogens is 3. The molecule has 0 aromatic carbocycles. The molecule has 0 aliphatic carbocycles. The predicted octanol–water partition coefficient (Wildman–Crippen LogP) is 0.521. The molecule has 1 saturated heterocycles. The fraction of sp³-hybridized carbons (Fsp3) is 0.300. The van der Waals surface area contributed by atoms with Crippen molar-refractivity contribution in [2.24, 2.45) is 0 Å². The summed E-state index contributed by atoms with van der Waals surface area (Å²) in [5.41, 5.74) is 0.125. The Morgan fingerprint density at radius 3 is 2.93 bits per heavy atom. The average molecular weight is 200 g/mol. The number of ether oxygens (including phenoxy) is 1. The molecule has 0 spiro atoms. The molecule has 2 aromatic heterocycles. The lowest BCUT2D eigenvalue weighted by Crippen LogP contribution is -2.46. The van der Waals surface area contributed by atoms with Gasteiger partial charge < -0.3 is 4.74 Å². The summed E-state index contributed by atoms with van der Waals surface area (Å²) in [6.07, 6.45) is 1.82. The number of rotatable bonds is 1. The molecule has 0 amide bonds. The number of nitriles is 1. The second-order valence-corrected chi connectivity index (χ2v) is 3.63. The largest absolute Gasteiger partial charge is 0.377 e. The van der Waals surface area contributed by atoms with Crippen LogP contribution in [0.15, 0.2) is 24.4 Å². The van der Waals surface area contributed by atoms with Crippen molar-refractivity contribution in [1.29, 1.82) is 5.26 Å². The molecule has 5 heteroatoms. The number of fused-ring (bicyclic) bond motifs is 1. The molecule has 15 heavy (non-hydrogen) atoms. The minimum Gasteiger partial charge on any atom is -0.377 e. The first-order valence-electron chi connectivity index (χ1n) is 4.65. The Morgan fingerprint density at radius 2 is 2.33 bits per heavy atom. The molecular weight excluding hydrogens is 192 g/mol. The monoisotopic (exact) mass is 200 g/mol. The van der Waals surface area contributed by atoms with E-state index in [1.165, 1.54) is 0 Å². The van der Waals surface area contributed by atoms with Gasteiger partial charge >= 0.3 is 0 Å². The molecule has 0 bridgehead atoms. The van der Waals surface area contributed by atoms with Crippen LogP contribution in [-0.2, 0) is 10.2 Å². The molecule has 0 N–H and O–H groups in total. The Balaban J connectivity index is 2.16. The molecule has 3 rings (SSSR count). The summed E-state index contributed by atoms with van der Waals surface area (Å²) in [6, 6.07) is 7.86. The van der Waals surface area contributed by atoms with E-state index in [1.54, 1.807) is 4.52 Å². The van der Waals surface area contributed by atoms with E-state index in [2.05, 4.69) is 16.2 Å². The van der Waals surface area contributed by atoms with Gasteiger partial charge in [0.15, 0.2) is 16.9 Å². The maximum atomic E-state index is 9.10. The van der Waals surface area contributed by atoms with Gasteiger partial charge in [-0.1, -0.05) is 6.07 Å². The standard InChI is InChI=1S/C10H8N4O/c11-5-10(6-15-7-10)9-12-8-3-1-2-4-14(8)13-9/h1-4H,6-7H2. The molecule has 5 nitrogen and oxygen atoms in total. The van der Waals surface area contributed by atoms with E-state index in [1.807, 2.05) is 24.4 Å². The molecule has 3 heterocycles. The third-order valence-electron chi connectivity index (χ3n) is 2.58. The van der Waals surface area contributed by atoms with Gasteiger partial charge in [-0.3, -0.25) is 0 Å². The van der Waals surface area contributed by atoms with E-state index >= 15 is 0 Å². The van der Waals surface area contributed by atoms with Crippen molar-refractivity contribution in [3.63, 3.8) is 0 Å². The Morgan fingerprint density at radius 1 is 1.47 bits per heavy atom. The summed E-state index contributed by atoms with van der Waals surface area (Å²) < 4.78 is 6.74. The topological polar surface area (TPSA) is 63.2 Å². The highest BCUT2D eigenvalue weighted by Crippen LogP contribution is 2.29. The van der Waals surface area contributed by atoms with Crippen molar-refractivity contribution in [3.8, 4) is 6.07 Å². The molecule has 0 saturated carbocycles. The van der Waals surface area contributed by atoms with Crippen molar-refractivity contribution >= 4 is 5.65 Å². The van der Waals surface area contributed by atoms with E-state index < -0.39 is 5.41 Å². The number of hydrogen-bond acceptors (Lipinski definition) is 4. The summed E-state index contributed by atoms with van der Waals surface area (Å²) in [5, 5.41) is 13.4. The Kier molecular flexibility index (Phi) is 1.55. The van der Waals surface area contributed by atoms with E-state index in [0.29, 0.717) is 19.0 Å². The zero-order valence-electron chi connectivity index (χ0n) is 7.92. The van der Waals surface area contributed by atoms with Crippen molar-refractivity contribution in [1.82, 2.24) is 14.6 Å². The van der Waals surface area contributed by atoms with Crippen LogP contribution >= 0.6 is 0 Å². The van der Waals surface area contributed by atoms with Crippen molar-refractivity contribution < 1.29 is 4.74 Å². The first-order chi connectivity index (χ1) is 7.34. The minimum atomic E-state index is -0.633. The van der Waals surface area contributed by atoms with Crippen LogP contribution in [-0.4, -0.2) is 27.8 Å². The molecule has 0 unspecified atom stereocenters. The third kappa shape index (κ3) is 1.05. The third-order valence-corrected chi connectivity index (χ3v) is 2.58. The van der Waals surface area contributed by atoms with Crippen LogP contribution in [0.2, 0.25) is 0 Å². The normalized spacial score (nSPS) is 18.3. The quantitative estimate of drug-likeness (QED) is 0.673. The summed E-state index contributed by atoms with van der Waals surface area (Å²) >= 11 is 0. The highest BCUT2D eigenvalue weighted by Gasteiger charge is 2.44. The van der Waals surface area contributed by atoms with Crippen molar-refractivity contribution in [2.45, 2.75) is 5.41 Å². The molecule has 1 fully saturated rings. The lowest BCUT2D eigenvalue weighted by molar-refractivity contribution is -0.0337. The molecule has 74 valence electrons. The summed E-state index contributed by atoms with van der Waals surface area (Å²) in [7, 11) is 0. The molecule has 0 radical (unpaired) electrons. The summed E-state index contributed by atoms with van der Waals surface area (Å²) in [4.78, 5) is 4.33. The van der Waals surface area contributed by atoms with Crippen LogP contribution in [0.4, 0.5) is 0 Å². The Hall–Kier alpha value is -1.93. The van der Waals surface area contributed by atoms with Crippen LogP contribution in [0.1, 0.15) is 5.82 Å². The van der Waals surface area contributed by atoms with Gasteiger partial charge in [0.1, 0.15) is 0 Å². The van der Waals surface area contributed by atoms with Gasteiger partial charge in [-0.15, -0.1) is 5.10 Å². The molecule has 1 aliphatic rings. The smallest absolute Gasteiger partial charge is 0.176 e. The second-order valence-electron chi connectivity index (χ2n) is 3.63. The van der Waals surface area contributed by atoms with Crippen LogP contribution < -0.4 is 0 Å². The van der Waals surface area contributed by atoms with Crippen LogP contribution in [0.3, 0.4) is 0 Å². The summed E-state index contributed by atoms with van der Waals surface area (Å²) in [6.45, 7) is 0.779. The zero-order valence-corrected chi connectivity index (χ0v) is 7.92. The van der Waals surface area contributed by atoms with Crippen LogP contribution in [0, 0.1) is 11.3 Å². The maximum absolute atomic E-state index is 9.10. The van der Waals surface area contributed by atoms with E-state index in [4.69, 9.17) is 10.00 Å². The van der Waals surface area contributed by atoms with E-state index in [-0.39, 0.29) is 0 Å². The highest BCUT2D eigenvalue weighted by molar-refractivity contribution is 5.39. The molecule has 0 atom stereocenters. The van der Waals surface area contributed by atoms with E-state index in [0.717, 1.165) is 5.65 Å². The Labute approximate surface area is 85.9 Å². The number of nitrogens with zero attached hydrogens (tertiary/aromatic N) is 4. The molecule has 1 aliphatic heterocycles. The van der Waals surface area contributed by atoms with Gasteiger partial charge in [0.05, 0.1) is 19.3 Å². The fourth-order valence-electron chi connectivity index (χ4n) is 1.58. The first kappa shape index (κ1) is 8.38. The number of hydrogen-bond donors (Lipinski definition) is 0.